The number of halogens is 1. The van der Waals surface area contributed by atoms with Crippen LogP contribution in [0.3, 0.4) is 0 Å². The maximum Gasteiger partial charge on any atom is 0.148 e. The molecule has 1 atom stereocenters. The molecule has 4 nitrogen and oxygen atoms in total. The monoisotopic (exact) mass is 316 g/mol. The van der Waals surface area contributed by atoms with Gasteiger partial charge in [-0.15, -0.1) is 0 Å². The van der Waals surface area contributed by atoms with Crippen LogP contribution in [0.5, 0.6) is 0 Å². The Balaban J connectivity index is 1.42. The Morgan fingerprint density at radius 1 is 1.27 bits per heavy atom. The first kappa shape index (κ1) is 15.3. The molecule has 0 radical (unpaired) electrons. The normalized spacial score (nSPS) is 18.5. The van der Waals surface area contributed by atoms with Crippen LogP contribution in [-0.2, 0) is 6.42 Å². The molecule has 1 fully saturated rings. The highest BCUT2D eigenvalue weighted by Crippen LogP contribution is 2.20. The second-order valence-electron chi connectivity index (χ2n) is 5.79. The van der Waals surface area contributed by atoms with Gasteiger partial charge in [-0.1, -0.05) is 41.9 Å². The number of rotatable bonds is 6. The Hall–Kier alpha value is -1.65. The molecule has 1 aliphatic rings. The number of hydrogen-bond acceptors (Lipinski definition) is 4. The van der Waals surface area contributed by atoms with Gasteiger partial charge in [-0.05, 0) is 30.9 Å². The number of benzene rings is 1. The van der Waals surface area contributed by atoms with E-state index in [1.54, 1.807) is 6.20 Å². The van der Waals surface area contributed by atoms with Crippen LogP contribution in [-0.4, -0.2) is 41.0 Å². The first-order valence-electron chi connectivity index (χ1n) is 7.77. The molecule has 1 saturated heterocycles. The standard InChI is InChI=1S/C17H21ClN4/c18-16-11-19-13-21-17(16)20-10-15-7-9-22(12-15)8-6-14-4-2-1-3-5-14/h1-5,11,13,15H,6-10,12H2,(H,19,20,21). The molecule has 1 aromatic heterocycles. The topological polar surface area (TPSA) is 41.1 Å². The summed E-state index contributed by atoms with van der Waals surface area (Å²) in [6, 6.07) is 10.7. The van der Waals surface area contributed by atoms with Crippen LogP contribution in [0, 0.1) is 5.92 Å². The number of anilines is 1. The zero-order valence-corrected chi connectivity index (χ0v) is 13.3. The van der Waals surface area contributed by atoms with E-state index in [2.05, 4.69) is 50.5 Å². The lowest BCUT2D eigenvalue weighted by Crippen LogP contribution is -2.25. The van der Waals surface area contributed by atoms with Crippen molar-refractivity contribution in [3.63, 3.8) is 0 Å². The van der Waals surface area contributed by atoms with E-state index in [4.69, 9.17) is 11.6 Å². The minimum Gasteiger partial charge on any atom is -0.368 e. The molecule has 0 bridgehead atoms. The number of nitrogens with zero attached hydrogens (tertiary/aromatic N) is 3. The van der Waals surface area contributed by atoms with Gasteiger partial charge in [0.1, 0.15) is 17.2 Å². The van der Waals surface area contributed by atoms with E-state index >= 15 is 0 Å². The molecule has 1 N–H and O–H groups in total. The summed E-state index contributed by atoms with van der Waals surface area (Å²) in [4.78, 5) is 10.6. The molecule has 5 heteroatoms. The molecule has 2 heterocycles. The quantitative estimate of drug-likeness (QED) is 0.889. The van der Waals surface area contributed by atoms with Gasteiger partial charge in [-0.3, -0.25) is 0 Å². The molecule has 0 aliphatic carbocycles. The van der Waals surface area contributed by atoms with Gasteiger partial charge in [0.05, 0.1) is 6.20 Å². The van der Waals surface area contributed by atoms with Gasteiger partial charge >= 0.3 is 0 Å². The fourth-order valence-electron chi connectivity index (χ4n) is 2.90. The summed E-state index contributed by atoms with van der Waals surface area (Å²) in [5.41, 5.74) is 1.41. The number of hydrogen-bond donors (Lipinski definition) is 1. The van der Waals surface area contributed by atoms with Crippen molar-refractivity contribution in [3.8, 4) is 0 Å². The average Bonchev–Trinajstić information content (AvgIpc) is 3.01. The largest absolute Gasteiger partial charge is 0.368 e. The first-order valence-corrected chi connectivity index (χ1v) is 8.15. The van der Waals surface area contributed by atoms with E-state index in [0.29, 0.717) is 10.9 Å². The Bertz CT molecular complexity index is 590. The summed E-state index contributed by atoms with van der Waals surface area (Å²) < 4.78 is 0. The Kier molecular flexibility index (Phi) is 5.24. The lowest BCUT2D eigenvalue weighted by molar-refractivity contribution is 0.330. The number of nitrogens with one attached hydrogen (secondary N) is 1. The molecule has 2 aromatic rings. The molecule has 3 rings (SSSR count). The molecular formula is C17H21ClN4. The number of aromatic nitrogens is 2. The van der Waals surface area contributed by atoms with Crippen molar-refractivity contribution in [2.45, 2.75) is 12.8 Å². The fourth-order valence-corrected chi connectivity index (χ4v) is 3.07. The average molecular weight is 317 g/mol. The third kappa shape index (κ3) is 4.18. The first-order chi connectivity index (χ1) is 10.8. The van der Waals surface area contributed by atoms with Crippen LogP contribution in [0.4, 0.5) is 5.82 Å². The number of likely N-dealkylation sites (tertiary alicyclic amines) is 1. The zero-order chi connectivity index (χ0) is 15.2. The van der Waals surface area contributed by atoms with Crippen LogP contribution in [0.2, 0.25) is 5.02 Å². The van der Waals surface area contributed by atoms with Crippen molar-refractivity contribution in [1.82, 2.24) is 14.9 Å². The van der Waals surface area contributed by atoms with Crippen molar-refractivity contribution < 1.29 is 0 Å². The lowest BCUT2D eigenvalue weighted by Gasteiger charge is -2.16. The summed E-state index contributed by atoms with van der Waals surface area (Å²) in [5.74, 6) is 1.39. The zero-order valence-electron chi connectivity index (χ0n) is 12.6. The van der Waals surface area contributed by atoms with E-state index < -0.39 is 0 Å². The van der Waals surface area contributed by atoms with Gasteiger partial charge in [-0.25, -0.2) is 9.97 Å². The smallest absolute Gasteiger partial charge is 0.148 e. The molecule has 0 amide bonds. The predicted molar refractivity (Wildman–Crippen MR) is 90.2 cm³/mol. The van der Waals surface area contributed by atoms with Gasteiger partial charge in [0.2, 0.25) is 0 Å². The van der Waals surface area contributed by atoms with Gasteiger partial charge in [0.15, 0.2) is 0 Å². The van der Waals surface area contributed by atoms with Gasteiger partial charge in [0, 0.05) is 19.6 Å². The Morgan fingerprint density at radius 3 is 2.95 bits per heavy atom. The lowest BCUT2D eigenvalue weighted by atomic mass is 10.1. The van der Waals surface area contributed by atoms with Crippen LogP contribution in [0.25, 0.3) is 0 Å². The van der Waals surface area contributed by atoms with Crippen molar-refractivity contribution >= 4 is 17.4 Å². The minimum absolute atomic E-state index is 0.585. The maximum atomic E-state index is 6.06. The molecule has 22 heavy (non-hydrogen) atoms. The highest BCUT2D eigenvalue weighted by molar-refractivity contribution is 6.32. The van der Waals surface area contributed by atoms with Crippen molar-refractivity contribution in [3.05, 3.63) is 53.4 Å². The minimum atomic E-state index is 0.585. The van der Waals surface area contributed by atoms with Gasteiger partial charge in [-0.2, -0.15) is 0 Å². The highest BCUT2D eigenvalue weighted by Gasteiger charge is 2.22. The summed E-state index contributed by atoms with van der Waals surface area (Å²) in [7, 11) is 0. The maximum absolute atomic E-state index is 6.06. The van der Waals surface area contributed by atoms with Gasteiger partial charge in [0.25, 0.3) is 0 Å². The third-order valence-electron chi connectivity index (χ3n) is 4.16. The summed E-state index contributed by atoms with van der Waals surface area (Å²) >= 11 is 6.06. The van der Waals surface area contributed by atoms with Crippen molar-refractivity contribution in [1.29, 1.82) is 0 Å². The van der Waals surface area contributed by atoms with E-state index in [1.165, 1.54) is 24.9 Å². The second kappa shape index (κ2) is 7.56. The molecule has 1 aliphatic heterocycles. The predicted octanol–water partition coefficient (Wildman–Crippen LogP) is 3.11. The Labute approximate surface area is 136 Å². The molecular weight excluding hydrogens is 296 g/mol. The van der Waals surface area contributed by atoms with Crippen LogP contribution < -0.4 is 5.32 Å². The van der Waals surface area contributed by atoms with Crippen LogP contribution in [0.15, 0.2) is 42.9 Å². The molecule has 0 spiro atoms. The Morgan fingerprint density at radius 2 is 2.14 bits per heavy atom. The third-order valence-corrected chi connectivity index (χ3v) is 4.43. The second-order valence-corrected chi connectivity index (χ2v) is 6.20. The van der Waals surface area contributed by atoms with E-state index in [0.717, 1.165) is 31.9 Å². The summed E-state index contributed by atoms with van der Waals surface area (Å²) in [5, 5.41) is 3.92. The molecule has 0 saturated carbocycles. The fraction of sp³-hybridized carbons (Fsp3) is 0.412. The van der Waals surface area contributed by atoms with E-state index in [-0.39, 0.29) is 0 Å². The highest BCUT2D eigenvalue weighted by atomic mass is 35.5. The van der Waals surface area contributed by atoms with E-state index in [1.807, 2.05) is 0 Å². The van der Waals surface area contributed by atoms with Crippen LogP contribution in [0.1, 0.15) is 12.0 Å². The van der Waals surface area contributed by atoms with Crippen molar-refractivity contribution in [2.24, 2.45) is 5.92 Å². The SMILES string of the molecule is Clc1cncnc1NCC1CCN(CCc2ccccc2)C1. The molecule has 1 unspecified atom stereocenters. The molecule has 116 valence electrons. The van der Waals surface area contributed by atoms with Gasteiger partial charge < -0.3 is 10.2 Å². The molecule has 1 aromatic carbocycles. The van der Waals surface area contributed by atoms with Crippen molar-refractivity contribution in [2.75, 3.05) is 31.5 Å². The summed E-state index contributed by atoms with van der Waals surface area (Å²) in [6.45, 7) is 4.37. The van der Waals surface area contributed by atoms with E-state index in [9.17, 15) is 0 Å². The summed E-state index contributed by atoms with van der Waals surface area (Å²) in [6.07, 6.45) is 5.50. The van der Waals surface area contributed by atoms with Crippen LogP contribution >= 0.6 is 11.6 Å².